The number of aliphatic hydroxyl groups is 2. The lowest BCUT2D eigenvalue weighted by atomic mass is 9.92. The number of amides is 1. The van der Waals surface area contributed by atoms with Crippen molar-refractivity contribution in [3.8, 4) is 16.9 Å². The number of aryl methyl sites for hydroxylation is 1. The number of aliphatic hydroxyl groups excluding tert-OH is 2. The molecule has 1 amide bonds. The number of nitrogens with zero attached hydrogens (tertiary/aromatic N) is 2. The van der Waals surface area contributed by atoms with Gasteiger partial charge in [0.1, 0.15) is 11.9 Å². The lowest BCUT2D eigenvalue weighted by Gasteiger charge is -2.23. The first-order valence-corrected chi connectivity index (χ1v) is 16.4. The highest BCUT2D eigenvalue weighted by Gasteiger charge is 2.45. The average Bonchev–Trinajstić information content (AvgIpc) is 3.98. The first kappa shape index (κ1) is 32.1. The Balaban J connectivity index is 1.20. The van der Waals surface area contributed by atoms with E-state index in [1.54, 1.807) is 11.9 Å². The number of aromatic nitrogens is 1. The number of ether oxygens (including phenoxy) is 1. The lowest BCUT2D eigenvalue weighted by molar-refractivity contribution is -0.139. The Morgan fingerprint density at radius 2 is 1.89 bits per heavy atom. The molecule has 2 unspecified atom stereocenters. The molecule has 0 spiro atoms. The highest BCUT2D eigenvalue weighted by molar-refractivity contribution is 5.80. The highest BCUT2D eigenvalue weighted by atomic mass is 16.5. The third kappa shape index (κ3) is 8.06. The van der Waals surface area contributed by atoms with E-state index in [2.05, 4.69) is 72.7 Å². The predicted molar refractivity (Wildman–Crippen MR) is 174 cm³/mol. The predicted octanol–water partition coefficient (Wildman–Crippen LogP) is 6.24. The molecule has 1 heterocycles. The standard InChI is InChI=1S/C37H49N3O4/c1-26(9-8-21-40(3)36(43)34(42)11-6-7-22-41)28-14-13-27(2)29(23-28)24-39-37(18-19-37)33-25-38-20-17-31(33)32-10-4-5-12-35(32)44-30-15-16-30/h4-5,10,12-14,17,20,23,25-26,30,34,39,41-42H,6-9,11,15-16,18-19,21-22,24H2,1-3H3. The van der Waals surface area contributed by atoms with Gasteiger partial charge in [0.15, 0.2) is 0 Å². The minimum absolute atomic E-state index is 0.0862. The maximum Gasteiger partial charge on any atom is 0.251 e. The lowest BCUT2D eigenvalue weighted by Crippen LogP contribution is -2.37. The van der Waals surface area contributed by atoms with Gasteiger partial charge in [-0.15, -0.1) is 0 Å². The molecule has 2 aromatic carbocycles. The normalized spacial score (nSPS) is 16.8. The second-order valence-corrected chi connectivity index (χ2v) is 12.9. The molecule has 5 rings (SSSR count). The Bertz CT molecular complexity index is 1400. The van der Waals surface area contributed by atoms with E-state index >= 15 is 0 Å². The van der Waals surface area contributed by atoms with E-state index in [0.29, 0.717) is 37.8 Å². The van der Waals surface area contributed by atoms with Gasteiger partial charge < -0.3 is 25.2 Å². The minimum Gasteiger partial charge on any atom is -0.490 e. The zero-order chi connectivity index (χ0) is 31.1. The van der Waals surface area contributed by atoms with Crippen LogP contribution in [0.2, 0.25) is 0 Å². The smallest absolute Gasteiger partial charge is 0.251 e. The largest absolute Gasteiger partial charge is 0.490 e. The molecule has 0 aliphatic heterocycles. The van der Waals surface area contributed by atoms with Crippen molar-refractivity contribution in [3.63, 3.8) is 0 Å². The van der Waals surface area contributed by atoms with Crippen molar-refractivity contribution in [2.45, 2.75) is 102 Å². The van der Waals surface area contributed by atoms with Crippen LogP contribution in [0.15, 0.2) is 60.9 Å². The molecule has 0 radical (unpaired) electrons. The molecular weight excluding hydrogens is 550 g/mol. The number of hydrogen-bond donors (Lipinski definition) is 3. The van der Waals surface area contributed by atoms with Gasteiger partial charge in [-0.2, -0.15) is 0 Å². The first-order valence-electron chi connectivity index (χ1n) is 16.4. The molecule has 3 aromatic rings. The average molecular weight is 600 g/mol. The number of carbonyl (C=O) groups is 1. The van der Waals surface area contributed by atoms with Crippen LogP contribution in [-0.4, -0.2) is 58.4 Å². The fraction of sp³-hybridized carbons (Fsp3) is 0.514. The van der Waals surface area contributed by atoms with Gasteiger partial charge in [-0.25, -0.2) is 0 Å². The van der Waals surface area contributed by atoms with Crippen molar-refractivity contribution in [2.24, 2.45) is 0 Å². The summed E-state index contributed by atoms with van der Waals surface area (Å²) in [5.74, 6) is 1.08. The van der Waals surface area contributed by atoms with Crippen molar-refractivity contribution in [1.29, 1.82) is 0 Å². The molecule has 2 fully saturated rings. The zero-order valence-electron chi connectivity index (χ0n) is 26.6. The minimum atomic E-state index is -0.987. The molecule has 2 aliphatic carbocycles. The Morgan fingerprint density at radius 3 is 2.64 bits per heavy atom. The molecule has 1 aromatic heterocycles. The first-order chi connectivity index (χ1) is 21.3. The van der Waals surface area contributed by atoms with E-state index in [9.17, 15) is 9.90 Å². The van der Waals surface area contributed by atoms with E-state index in [-0.39, 0.29) is 18.1 Å². The van der Waals surface area contributed by atoms with Crippen molar-refractivity contribution in [3.05, 3.63) is 83.2 Å². The van der Waals surface area contributed by atoms with Gasteiger partial charge in [-0.3, -0.25) is 9.78 Å². The Morgan fingerprint density at radius 1 is 1.09 bits per heavy atom. The molecule has 236 valence electrons. The third-order valence-corrected chi connectivity index (χ3v) is 9.32. The number of carbonyl (C=O) groups excluding carboxylic acids is 1. The fourth-order valence-electron chi connectivity index (χ4n) is 6.03. The van der Waals surface area contributed by atoms with Crippen molar-refractivity contribution in [2.75, 3.05) is 20.2 Å². The number of para-hydroxylation sites is 1. The van der Waals surface area contributed by atoms with Crippen molar-refractivity contribution in [1.82, 2.24) is 15.2 Å². The quantitative estimate of drug-likeness (QED) is 0.159. The third-order valence-electron chi connectivity index (χ3n) is 9.32. The van der Waals surface area contributed by atoms with Gasteiger partial charge in [0.25, 0.3) is 5.91 Å². The van der Waals surface area contributed by atoms with Gasteiger partial charge in [-0.05, 0) is 111 Å². The highest BCUT2D eigenvalue weighted by Crippen LogP contribution is 2.50. The van der Waals surface area contributed by atoms with Crippen LogP contribution in [0.3, 0.4) is 0 Å². The van der Waals surface area contributed by atoms with Crippen LogP contribution >= 0.6 is 0 Å². The monoisotopic (exact) mass is 599 g/mol. The van der Waals surface area contributed by atoms with Crippen LogP contribution in [0.25, 0.3) is 11.1 Å². The molecule has 0 bridgehead atoms. The fourth-order valence-corrected chi connectivity index (χ4v) is 6.03. The van der Waals surface area contributed by atoms with Crippen LogP contribution < -0.4 is 10.1 Å². The topological polar surface area (TPSA) is 94.9 Å². The van der Waals surface area contributed by atoms with E-state index in [1.165, 1.54) is 27.8 Å². The van der Waals surface area contributed by atoms with Crippen molar-refractivity contribution < 1.29 is 19.7 Å². The van der Waals surface area contributed by atoms with Gasteiger partial charge in [0, 0.05) is 50.2 Å². The molecule has 7 heteroatoms. The van der Waals surface area contributed by atoms with Gasteiger partial charge in [0.2, 0.25) is 0 Å². The van der Waals surface area contributed by atoms with Gasteiger partial charge in [0.05, 0.1) is 6.10 Å². The number of benzene rings is 2. The van der Waals surface area contributed by atoms with Crippen molar-refractivity contribution >= 4 is 5.91 Å². The zero-order valence-corrected chi connectivity index (χ0v) is 26.6. The summed E-state index contributed by atoms with van der Waals surface area (Å²) < 4.78 is 6.28. The Labute approximate surface area is 262 Å². The summed E-state index contributed by atoms with van der Waals surface area (Å²) in [5.41, 5.74) is 7.38. The summed E-state index contributed by atoms with van der Waals surface area (Å²) in [5, 5.41) is 23.0. The molecule has 2 saturated carbocycles. The summed E-state index contributed by atoms with van der Waals surface area (Å²) in [6.07, 6.45) is 11.2. The second kappa shape index (κ2) is 14.7. The number of likely N-dealkylation sites (N-methyl/N-ethyl adjacent to an activating group) is 1. The molecule has 44 heavy (non-hydrogen) atoms. The number of pyridine rings is 1. The van der Waals surface area contributed by atoms with Gasteiger partial charge >= 0.3 is 0 Å². The number of nitrogens with one attached hydrogen (secondary N) is 1. The molecule has 0 saturated heterocycles. The maximum atomic E-state index is 12.5. The van der Waals surface area contributed by atoms with Crippen LogP contribution in [-0.2, 0) is 16.9 Å². The molecular formula is C37H49N3O4. The van der Waals surface area contributed by atoms with E-state index in [4.69, 9.17) is 9.84 Å². The number of unbranched alkanes of at least 4 members (excludes halogenated alkanes) is 1. The maximum absolute atomic E-state index is 12.5. The summed E-state index contributed by atoms with van der Waals surface area (Å²) in [6, 6.07) is 17.3. The van der Waals surface area contributed by atoms with Crippen LogP contribution in [0.4, 0.5) is 0 Å². The second-order valence-electron chi connectivity index (χ2n) is 12.9. The van der Waals surface area contributed by atoms with Crippen LogP contribution in [0, 0.1) is 6.92 Å². The molecule has 3 N–H and O–H groups in total. The Hall–Kier alpha value is -3.26. The molecule has 7 nitrogen and oxygen atoms in total. The number of hydrogen-bond acceptors (Lipinski definition) is 6. The number of rotatable bonds is 17. The van der Waals surface area contributed by atoms with Gasteiger partial charge in [-0.1, -0.05) is 43.3 Å². The summed E-state index contributed by atoms with van der Waals surface area (Å²) >= 11 is 0. The SMILES string of the molecule is Cc1ccc(C(C)CCCN(C)C(=O)C(O)CCCCO)cc1CNC1(c2cnccc2-c2ccccc2OC2CC2)CC1. The van der Waals surface area contributed by atoms with E-state index in [0.717, 1.165) is 56.4 Å². The van der Waals surface area contributed by atoms with E-state index < -0.39 is 6.10 Å². The summed E-state index contributed by atoms with van der Waals surface area (Å²) in [6.45, 7) is 5.91. The van der Waals surface area contributed by atoms with Crippen LogP contribution in [0.5, 0.6) is 5.75 Å². The summed E-state index contributed by atoms with van der Waals surface area (Å²) in [4.78, 5) is 18.7. The molecule has 2 aliphatic rings. The van der Waals surface area contributed by atoms with Crippen LogP contribution in [0.1, 0.15) is 92.9 Å². The van der Waals surface area contributed by atoms with E-state index in [1.807, 2.05) is 12.4 Å². The summed E-state index contributed by atoms with van der Waals surface area (Å²) in [7, 11) is 1.76. The molecule has 2 atom stereocenters. The Kier molecular flexibility index (Phi) is 10.7.